The standard InChI is InChI=1S/C12H19NO3S3/c1-2-17-11-5-3-4-10(11)13-19(15,16)12-6-9(7-14)8-18-12/h6,8,10-11,13-14H,2-5,7H2,1H3. The van der Waals surface area contributed by atoms with Crippen LogP contribution in [0.2, 0.25) is 0 Å². The first-order valence-corrected chi connectivity index (χ1v) is 9.80. The molecule has 2 unspecified atom stereocenters. The molecule has 19 heavy (non-hydrogen) atoms. The van der Waals surface area contributed by atoms with Crippen LogP contribution in [-0.2, 0) is 16.6 Å². The van der Waals surface area contributed by atoms with Crippen LogP contribution in [-0.4, -0.2) is 30.6 Å². The van der Waals surface area contributed by atoms with E-state index in [1.165, 1.54) is 0 Å². The van der Waals surface area contributed by atoms with Crippen LogP contribution in [0.4, 0.5) is 0 Å². The first-order valence-electron chi connectivity index (χ1n) is 6.39. The summed E-state index contributed by atoms with van der Waals surface area (Å²) in [7, 11) is -3.44. The van der Waals surface area contributed by atoms with Gasteiger partial charge in [0.2, 0.25) is 10.0 Å². The third-order valence-corrected chi connectivity index (χ3v) is 7.52. The van der Waals surface area contributed by atoms with E-state index in [2.05, 4.69) is 11.6 Å². The molecule has 7 heteroatoms. The molecule has 1 saturated carbocycles. The largest absolute Gasteiger partial charge is 0.392 e. The maximum atomic E-state index is 12.3. The summed E-state index contributed by atoms with van der Waals surface area (Å²) in [6.07, 6.45) is 3.07. The van der Waals surface area contributed by atoms with Crippen molar-refractivity contribution in [1.82, 2.24) is 4.72 Å². The van der Waals surface area contributed by atoms with Gasteiger partial charge in [-0.25, -0.2) is 13.1 Å². The van der Waals surface area contributed by atoms with Crippen LogP contribution in [0.25, 0.3) is 0 Å². The number of hydrogen-bond donors (Lipinski definition) is 2. The van der Waals surface area contributed by atoms with Crippen molar-refractivity contribution in [2.45, 2.75) is 48.3 Å². The van der Waals surface area contributed by atoms with E-state index in [0.717, 1.165) is 36.4 Å². The summed E-state index contributed by atoms with van der Waals surface area (Å²) in [5.41, 5.74) is 0.649. The van der Waals surface area contributed by atoms with E-state index >= 15 is 0 Å². The molecular formula is C12H19NO3S3. The zero-order chi connectivity index (χ0) is 13.9. The van der Waals surface area contributed by atoms with Crippen LogP contribution in [0.5, 0.6) is 0 Å². The van der Waals surface area contributed by atoms with Crippen molar-refractivity contribution in [1.29, 1.82) is 0 Å². The van der Waals surface area contributed by atoms with Crippen LogP contribution in [0.3, 0.4) is 0 Å². The van der Waals surface area contributed by atoms with Crippen molar-refractivity contribution in [2.75, 3.05) is 5.75 Å². The highest BCUT2D eigenvalue weighted by atomic mass is 32.2. The van der Waals surface area contributed by atoms with Gasteiger partial charge < -0.3 is 5.11 Å². The van der Waals surface area contributed by atoms with Crippen LogP contribution in [0.1, 0.15) is 31.7 Å². The first-order chi connectivity index (χ1) is 9.06. The van der Waals surface area contributed by atoms with E-state index < -0.39 is 10.0 Å². The van der Waals surface area contributed by atoms with Crippen molar-refractivity contribution >= 4 is 33.1 Å². The summed E-state index contributed by atoms with van der Waals surface area (Å²) in [5.74, 6) is 1.01. The predicted octanol–water partition coefficient (Wildman–Crippen LogP) is 2.19. The van der Waals surface area contributed by atoms with E-state index in [-0.39, 0.29) is 12.6 Å². The van der Waals surface area contributed by atoms with Crippen LogP contribution < -0.4 is 4.72 Å². The minimum Gasteiger partial charge on any atom is -0.392 e. The van der Waals surface area contributed by atoms with Gasteiger partial charge >= 0.3 is 0 Å². The minimum atomic E-state index is -3.44. The fourth-order valence-electron chi connectivity index (χ4n) is 2.31. The number of thioether (sulfide) groups is 1. The van der Waals surface area contributed by atoms with E-state index in [9.17, 15) is 8.42 Å². The quantitative estimate of drug-likeness (QED) is 0.843. The average molecular weight is 321 g/mol. The van der Waals surface area contributed by atoms with Gasteiger partial charge in [0.15, 0.2) is 0 Å². The van der Waals surface area contributed by atoms with Crippen molar-refractivity contribution in [3.63, 3.8) is 0 Å². The lowest BCUT2D eigenvalue weighted by Gasteiger charge is -2.19. The summed E-state index contributed by atoms with van der Waals surface area (Å²) in [5, 5.41) is 11.1. The molecule has 2 atom stereocenters. The van der Waals surface area contributed by atoms with Gasteiger partial charge in [0, 0.05) is 11.3 Å². The molecule has 0 amide bonds. The number of rotatable bonds is 6. The third kappa shape index (κ3) is 3.72. The van der Waals surface area contributed by atoms with E-state index in [0.29, 0.717) is 15.0 Å². The number of hydrogen-bond acceptors (Lipinski definition) is 5. The molecule has 1 aromatic heterocycles. The zero-order valence-electron chi connectivity index (χ0n) is 10.8. The normalized spacial score (nSPS) is 23.9. The zero-order valence-corrected chi connectivity index (χ0v) is 13.3. The highest BCUT2D eigenvalue weighted by Gasteiger charge is 2.31. The number of thiophene rings is 1. The molecular weight excluding hydrogens is 302 g/mol. The summed E-state index contributed by atoms with van der Waals surface area (Å²) < 4.78 is 27.7. The summed E-state index contributed by atoms with van der Waals surface area (Å²) in [6, 6.07) is 1.58. The first kappa shape index (κ1) is 15.3. The van der Waals surface area contributed by atoms with Gasteiger partial charge in [-0.15, -0.1) is 11.3 Å². The maximum Gasteiger partial charge on any atom is 0.250 e. The highest BCUT2D eigenvalue weighted by Crippen LogP contribution is 2.31. The molecule has 0 saturated heterocycles. The Labute approximate surface area is 122 Å². The molecule has 1 heterocycles. The Balaban J connectivity index is 2.08. The Morgan fingerprint density at radius 2 is 2.32 bits per heavy atom. The molecule has 1 aromatic rings. The predicted molar refractivity (Wildman–Crippen MR) is 80.1 cm³/mol. The van der Waals surface area contributed by atoms with E-state index in [4.69, 9.17) is 5.11 Å². The fourth-order valence-corrected chi connectivity index (χ4v) is 6.12. The molecule has 0 bridgehead atoms. The smallest absolute Gasteiger partial charge is 0.250 e. The molecule has 0 radical (unpaired) electrons. The monoisotopic (exact) mass is 321 g/mol. The summed E-state index contributed by atoms with van der Waals surface area (Å²) >= 11 is 2.99. The number of nitrogens with one attached hydrogen (secondary N) is 1. The molecule has 2 N–H and O–H groups in total. The van der Waals surface area contributed by atoms with Gasteiger partial charge in [-0.3, -0.25) is 0 Å². The molecule has 0 aromatic carbocycles. The molecule has 0 spiro atoms. The van der Waals surface area contributed by atoms with E-state index in [1.807, 2.05) is 11.8 Å². The van der Waals surface area contributed by atoms with Crippen molar-refractivity contribution < 1.29 is 13.5 Å². The molecule has 108 valence electrons. The SMILES string of the molecule is CCSC1CCCC1NS(=O)(=O)c1cc(CO)cs1. The van der Waals surface area contributed by atoms with E-state index in [1.54, 1.807) is 11.4 Å². The number of sulfonamides is 1. The second-order valence-electron chi connectivity index (χ2n) is 4.58. The van der Waals surface area contributed by atoms with Gasteiger partial charge in [0.1, 0.15) is 4.21 Å². The maximum absolute atomic E-state index is 12.3. The van der Waals surface area contributed by atoms with Gasteiger partial charge in [0.05, 0.1) is 6.61 Å². The van der Waals surface area contributed by atoms with Gasteiger partial charge in [-0.1, -0.05) is 13.3 Å². The average Bonchev–Trinajstić information content (AvgIpc) is 2.99. The lowest BCUT2D eigenvalue weighted by Crippen LogP contribution is -2.38. The number of aliphatic hydroxyl groups excluding tert-OH is 1. The van der Waals surface area contributed by atoms with Crippen molar-refractivity contribution in [2.24, 2.45) is 0 Å². The molecule has 1 aliphatic rings. The highest BCUT2D eigenvalue weighted by molar-refractivity contribution is 8.00. The summed E-state index contributed by atoms with van der Waals surface area (Å²) in [6.45, 7) is 1.98. The lowest BCUT2D eigenvalue weighted by molar-refractivity contribution is 0.282. The molecule has 1 fully saturated rings. The third-order valence-electron chi connectivity index (χ3n) is 3.22. The Bertz CT molecular complexity index is 512. The van der Waals surface area contributed by atoms with Crippen LogP contribution in [0, 0.1) is 0 Å². The second kappa shape index (κ2) is 6.58. The second-order valence-corrected chi connectivity index (χ2v) is 8.95. The van der Waals surface area contributed by atoms with Gasteiger partial charge in [0.25, 0.3) is 0 Å². The van der Waals surface area contributed by atoms with Gasteiger partial charge in [-0.05, 0) is 35.6 Å². The minimum absolute atomic E-state index is 0.0367. The van der Waals surface area contributed by atoms with Crippen LogP contribution in [0.15, 0.2) is 15.7 Å². The number of aliphatic hydroxyl groups is 1. The van der Waals surface area contributed by atoms with Crippen molar-refractivity contribution in [3.8, 4) is 0 Å². The molecule has 2 rings (SSSR count). The Hall–Kier alpha value is -0.0800. The Morgan fingerprint density at radius 3 is 2.95 bits per heavy atom. The Kier molecular flexibility index (Phi) is 5.30. The lowest BCUT2D eigenvalue weighted by atomic mass is 10.3. The van der Waals surface area contributed by atoms with Crippen LogP contribution >= 0.6 is 23.1 Å². The molecule has 1 aliphatic carbocycles. The van der Waals surface area contributed by atoms with Crippen molar-refractivity contribution in [3.05, 3.63) is 17.0 Å². The summed E-state index contributed by atoms with van der Waals surface area (Å²) in [4.78, 5) is 0. The molecule has 0 aliphatic heterocycles. The fraction of sp³-hybridized carbons (Fsp3) is 0.667. The topological polar surface area (TPSA) is 66.4 Å². The Morgan fingerprint density at radius 1 is 1.53 bits per heavy atom. The van der Waals surface area contributed by atoms with Gasteiger partial charge in [-0.2, -0.15) is 11.8 Å². The molecule has 4 nitrogen and oxygen atoms in total.